The van der Waals surface area contributed by atoms with E-state index < -0.39 is 0 Å². The third kappa shape index (κ3) is 3.90. The van der Waals surface area contributed by atoms with E-state index in [2.05, 4.69) is 15.3 Å². The quantitative estimate of drug-likeness (QED) is 0.885. The number of hydrogen-bond acceptors (Lipinski definition) is 4. The van der Waals surface area contributed by atoms with Crippen LogP contribution < -0.4 is 11.1 Å². The summed E-state index contributed by atoms with van der Waals surface area (Å²) in [5.41, 5.74) is 7.27. The van der Waals surface area contributed by atoms with Gasteiger partial charge < -0.3 is 16.0 Å². The Kier molecular flexibility index (Phi) is 4.62. The van der Waals surface area contributed by atoms with Gasteiger partial charge in [-0.1, -0.05) is 11.6 Å². The number of nitrogens with two attached hydrogens (primary N) is 1. The first-order valence-electron chi connectivity index (χ1n) is 7.52. The van der Waals surface area contributed by atoms with Crippen LogP contribution in [0.1, 0.15) is 24.5 Å². The number of carbonyl (C=O) groups is 1. The Morgan fingerprint density at radius 2 is 2.09 bits per heavy atom. The van der Waals surface area contributed by atoms with Gasteiger partial charge in [0, 0.05) is 35.9 Å². The zero-order valence-electron chi connectivity index (χ0n) is 12.6. The average molecular weight is 332 g/mol. The van der Waals surface area contributed by atoms with E-state index in [4.69, 9.17) is 17.3 Å². The maximum atomic E-state index is 12.4. The number of urea groups is 1. The normalized spacial score (nSPS) is 17.8. The Morgan fingerprint density at radius 1 is 1.30 bits per heavy atom. The van der Waals surface area contributed by atoms with Gasteiger partial charge in [-0.25, -0.2) is 14.8 Å². The summed E-state index contributed by atoms with van der Waals surface area (Å²) >= 11 is 5.85. The first kappa shape index (κ1) is 15.6. The molecular weight excluding hydrogens is 314 g/mol. The molecule has 3 rings (SSSR count). The van der Waals surface area contributed by atoms with E-state index in [-0.39, 0.29) is 17.9 Å². The molecule has 1 aliphatic heterocycles. The highest BCUT2D eigenvalue weighted by atomic mass is 35.5. The molecule has 1 fully saturated rings. The smallest absolute Gasteiger partial charge is 0.321 e. The number of halogens is 1. The van der Waals surface area contributed by atoms with E-state index >= 15 is 0 Å². The Balaban J connectivity index is 1.65. The van der Waals surface area contributed by atoms with Crippen LogP contribution in [0.2, 0.25) is 5.02 Å². The predicted molar refractivity (Wildman–Crippen MR) is 90.5 cm³/mol. The van der Waals surface area contributed by atoms with Crippen LogP contribution in [-0.4, -0.2) is 34.0 Å². The maximum absolute atomic E-state index is 12.4. The number of piperidine rings is 1. The van der Waals surface area contributed by atoms with Crippen molar-refractivity contribution < 1.29 is 4.79 Å². The number of nitrogens with zero attached hydrogens (tertiary/aromatic N) is 3. The summed E-state index contributed by atoms with van der Waals surface area (Å²) in [7, 11) is 0. The summed E-state index contributed by atoms with van der Waals surface area (Å²) in [4.78, 5) is 22.4. The van der Waals surface area contributed by atoms with Gasteiger partial charge in [-0.3, -0.25) is 0 Å². The van der Waals surface area contributed by atoms with E-state index in [1.165, 1.54) is 0 Å². The van der Waals surface area contributed by atoms with Crippen LogP contribution in [0.15, 0.2) is 36.5 Å². The zero-order valence-corrected chi connectivity index (χ0v) is 13.3. The summed E-state index contributed by atoms with van der Waals surface area (Å²) in [6, 6.07) is 8.82. The van der Waals surface area contributed by atoms with Gasteiger partial charge in [0.15, 0.2) is 0 Å². The fraction of sp³-hybridized carbons (Fsp3) is 0.312. The molecule has 0 saturated carbocycles. The van der Waals surface area contributed by atoms with Crippen molar-refractivity contribution in [3.05, 3.63) is 47.2 Å². The molecule has 0 radical (unpaired) electrons. The van der Waals surface area contributed by atoms with Gasteiger partial charge >= 0.3 is 6.03 Å². The molecule has 0 bridgehead atoms. The summed E-state index contributed by atoms with van der Waals surface area (Å²) in [5.74, 6) is 0.454. The van der Waals surface area contributed by atoms with Gasteiger partial charge in [-0.2, -0.15) is 0 Å². The number of amides is 2. The molecule has 23 heavy (non-hydrogen) atoms. The minimum atomic E-state index is -0.112. The Bertz CT molecular complexity index is 691. The standard InChI is InChI=1S/C16H18ClN5O/c17-12-3-5-13(6-4-12)20-16(23)22-9-1-2-11(10-22)14-7-8-19-15(18)21-14/h3-8,11H,1-2,9-10H2,(H,20,23)(H2,18,19,21)/t11-/m1/s1. The number of hydrogen-bond donors (Lipinski definition) is 2. The molecule has 2 heterocycles. The lowest BCUT2D eigenvalue weighted by Gasteiger charge is -2.32. The van der Waals surface area contributed by atoms with Crippen LogP contribution in [0.4, 0.5) is 16.4 Å². The van der Waals surface area contributed by atoms with Crippen molar-refractivity contribution >= 4 is 29.3 Å². The van der Waals surface area contributed by atoms with Crippen molar-refractivity contribution in [3.8, 4) is 0 Å². The minimum Gasteiger partial charge on any atom is -0.368 e. The van der Waals surface area contributed by atoms with Gasteiger partial charge in [0.25, 0.3) is 0 Å². The molecular formula is C16H18ClN5O. The average Bonchev–Trinajstić information content (AvgIpc) is 2.57. The summed E-state index contributed by atoms with van der Waals surface area (Å²) in [5, 5.41) is 3.53. The number of likely N-dealkylation sites (tertiary alicyclic amines) is 1. The van der Waals surface area contributed by atoms with E-state index in [0.717, 1.165) is 30.8 Å². The van der Waals surface area contributed by atoms with Crippen molar-refractivity contribution in [1.82, 2.24) is 14.9 Å². The highest BCUT2D eigenvalue weighted by Crippen LogP contribution is 2.26. The molecule has 1 saturated heterocycles. The second-order valence-corrected chi connectivity index (χ2v) is 6.00. The van der Waals surface area contributed by atoms with Crippen LogP contribution in [0.5, 0.6) is 0 Å². The van der Waals surface area contributed by atoms with Crippen LogP contribution in [-0.2, 0) is 0 Å². The van der Waals surface area contributed by atoms with E-state index in [9.17, 15) is 4.79 Å². The molecule has 0 aliphatic carbocycles. The summed E-state index contributed by atoms with van der Waals surface area (Å²) in [6.45, 7) is 1.35. The fourth-order valence-electron chi connectivity index (χ4n) is 2.75. The van der Waals surface area contributed by atoms with Gasteiger partial charge in [0.05, 0.1) is 5.69 Å². The van der Waals surface area contributed by atoms with Crippen LogP contribution >= 0.6 is 11.6 Å². The van der Waals surface area contributed by atoms with Crippen LogP contribution in [0.3, 0.4) is 0 Å². The monoisotopic (exact) mass is 331 g/mol. The minimum absolute atomic E-state index is 0.112. The molecule has 1 aromatic carbocycles. The first-order valence-corrected chi connectivity index (χ1v) is 7.89. The predicted octanol–water partition coefficient (Wildman–Crippen LogP) is 3.12. The number of nitrogen functional groups attached to an aromatic ring is 1. The van der Waals surface area contributed by atoms with Crippen molar-refractivity contribution in [2.45, 2.75) is 18.8 Å². The molecule has 7 heteroatoms. The topological polar surface area (TPSA) is 84.1 Å². The SMILES string of the molecule is Nc1nccc([C@@H]2CCCN(C(=O)Nc3ccc(Cl)cc3)C2)n1. The van der Waals surface area contributed by atoms with Gasteiger partial charge in [-0.05, 0) is 43.2 Å². The first-order chi connectivity index (χ1) is 11.1. The Morgan fingerprint density at radius 3 is 2.83 bits per heavy atom. The molecule has 2 aromatic rings. The molecule has 1 atom stereocenters. The second kappa shape index (κ2) is 6.83. The maximum Gasteiger partial charge on any atom is 0.321 e. The fourth-order valence-corrected chi connectivity index (χ4v) is 2.88. The lowest BCUT2D eigenvalue weighted by Crippen LogP contribution is -2.41. The number of anilines is 2. The van der Waals surface area contributed by atoms with Gasteiger partial charge in [0.2, 0.25) is 5.95 Å². The van der Waals surface area contributed by atoms with Crippen molar-refractivity contribution in [3.63, 3.8) is 0 Å². The Labute approximate surface area is 139 Å². The van der Waals surface area contributed by atoms with E-state index in [1.54, 1.807) is 35.4 Å². The largest absolute Gasteiger partial charge is 0.368 e. The molecule has 2 amide bonds. The zero-order chi connectivity index (χ0) is 16.2. The van der Waals surface area contributed by atoms with Gasteiger partial charge in [-0.15, -0.1) is 0 Å². The van der Waals surface area contributed by atoms with E-state index in [1.807, 2.05) is 6.07 Å². The summed E-state index contributed by atoms with van der Waals surface area (Å²) in [6.07, 6.45) is 3.58. The highest BCUT2D eigenvalue weighted by molar-refractivity contribution is 6.30. The number of rotatable bonds is 2. The van der Waals surface area contributed by atoms with Crippen molar-refractivity contribution in [2.75, 3.05) is 24.1 Å². The second-order valence-electron chi connectivity index (χ2n) is 5.56. The lowest BCUT2D eigenvalue weighted by molar-refractivity contribution is 0.192. The molecule has 1 aromatic heterocycles. The highest BCUT2D eigenvalue weighted by Gasteiger charge is 2.25. The van der Waals surface area contributed by atoms with Crippen molar-refractivity contribution in [2.24, 2.45) is 0 Å². The van der Waals surface area contributed by atoms with Crippen LogP contribution in [0, 0.1) is 0 Å². The Hall–Kier alpha value is -2.34. The third-order valence-electron chi connectivity index (χ3n) is 3.92. The van der Waals surface area contributed by atoms with Gasteiger partial charge in [0.1, 0.15) is 0 Å². The molecule has 3 N–H and O–H groups in total. The van der Waals surface area contributed by atoms with Crippen LogP contribution in [0.25, 0.3) is 0 Å². The molecule has 0 unspecified atom stereocenters. The van der Waals surface area contributed by atoms with E-state index in [0.29, 0.717) is 11.6 Å². The number of carbonyl (C=O) groups excluding carboxylic acids is 1. The molecule has 6 nitrogen and oxygen atoms in total. The number of benzene rings is 1. The molecule has 1 aliphatic rings. The third-order valence-corrected chi connectivity index (χ3v) is 4.17. The lowest BCUT2D eigenvalue weighted by atomic mass is 9.95. The molecule has 0 spiro atoms. The summed E-state index contributed by atoms with van der Waals surface area (Å²) < 4.78 is 0. The number of nitrogens with one attached hydrogen (secondary N) is 1. The number of aromatic nitrogens is 2. The van der Waals surface area contributed by atoms with Crippen molar-refractivity contribution in [1.29, 1.82) is 0 Å². The molecule has 120 valence electrons.